The number of aromatic nitrogens is 1. The van der Waals surface area contributed by atoms with Crippen molar-refractivity contribution in [3.05, 3.63) is 21.8 Å². The molecule has 18 heavy (non-hydrogen) atoms. The quantitative estimate of drug-likeness (QED) is 0.879. The average molecular weight is 312 g/mol. The van der Waals surface area contributed by atoms with Gasteiger partial charge in [-0.3, -0.25) is 5.32 Å². The van der Waals surface area contributed by atoms with E-state index < -0.39 is 0 Å². The van der Waals surface area contributed by atoms with Gasteiger partial charge in [-0.25, -0.2) is 9.78 Å². The predicted octanol–water partition coefficient (Wildman–Crippen LogP) is 3.38. The van der Waals surface area contributed by atoms with Crippen LogP contribution >= 0.6 is 15.9 Å². The normalized spacial score (nSPS) is 22.2. The van der Waals surface area contributed by atoms with Crippen molar-refractivity contribution < 1.29 is 4.79 Å². The van der Waals surface area contributed by atoms with Gasteiger partial charge in [0.25, 0.3) is 0 Å². The maximum Gasteiger partial charge on any atom is 0.320 e. The van der Waals surface area contributed by atoms with E-state index in [0.29, 0.717) is 11.9 Å². The van der Waals surface area contributed by atoms with E-state index in [4.69, 9.17) is 0 Å². The van der Waals surface area contributed by atoms with Gasteiger partial charge < -0.3 is 5.32 Å². The summed E-state index contributed by atoms with van der Waals surface area (Å²) < 4.78 is 0.987. The number of anilines is 1. The number of nitrogens with one attached hydrogen (secondary N) is 2. The number of halogens is 1. The molecule has 1 aromatic rings. The lowest BCUT2D eigenvalue weighted by Gasteiger charge is -2.33. The zero-order valence-corrected chi connectivity index (χ0v) is 12.5. The van der Waals surface area contributed by atoms with Crippen molar-refractivity contribution in [2.24, 2.45) is 5.92 Å². The van der Waals surface area contributed by atoms with E-state index in [9.17, 15) is 4.79 Å². The molecule has 1 saturated carbocycles. The molecule has 2 N–H and O–H groups in total. The number of amides is 2. The van der Waals surface area contributed by atoms with E-state index in [2.05, 4.69) is 38.5 Å². The van der Waals surface area contributed by atoms with Crippen molar-refractivity contribution >= 4 is 27.8 Å². The highest BCUT2D eigenvalue weighted by atomic mass is 79.9. The molecule has 0 radical (unpaired) electrons. The molecule has 1 heterocycles. The van der Waals surface area contributed by atoms with Gasteiger partial charge in [0.05, 0.1) is 5.69 Å². The zero-order chi connectivity index (χ0) is 13.3. The Morgan fingerprint density at radius 3 is 2.67 bits per heavy atom. The third kappa shape index (κ3) is 3.02. The van der Waals surface area contributed by atoms with Crippen molar-refractivity contribution in [1.29, 1.82) is 0 Å². The fourth-order valence-electron chi connectivity index (χ4n) is 2.24. The second kappa shape index (κ2) is 5.26. The minimum atomic E-state index is -0.166. The molecule has 1 aliphatic rings. The van der Waals surface area contributed by atoms with Crippen molar-refractivity contribution in [3.63, 3.8) is 0 Å². The number of aryl methyl sites for hydroxylation is 2. The molecule has 0 atom stereocenters. The topological polar surface area (TPSA) is 54.0 Å². The van der Waals surface area contributed by atoms with Crippen LogP contribution in [0.3, 0.4) is 0 Å². The Morgan fingerprint density at radius 2 is 2.11 bits per heavy atom. The van der Waals surface area contributed by atoms with Crippen LogP contribution in [0.2, 0.25) is 0 Å². The molecule has 5 heteroatoms. The molecule has 2 rings (SSSR count). The molecule has 0 bridgehead atoms. The number of carbonyl (C=O) groups excluding carboxylic acids is 1. The van der Waals surface area contributed by atoms with Crippen LogP contribution in [-0.2, 0) is 0 Å². The SMILES string of the molecule is Cc1cc(NC(=O)NC2CC(C)C2)nc(C)c1Br. The lowest BCUT2D eigenvalue weighted by molar-refractivity contribution is 0.219. The largest absolute Gasteiger partial charge is 0.335 e. The van der Waals surface area contributed by atoms with Gasteiger partial charge in [-0.2, -0.15) is 0 Å². The van der Waals surface area contributed by atoms with Gasteiger partial charge in [0.15, 0.2) is 0 Å². The van der Waals surface area contributed by atoms with Gasteiger partial charge in [-0.05, 0) is 60.2 Å². The minimum Gasteiger partial charge on any atom is -0.335 e. The lowest BCUT2D eigenvalue weighted by Crippen LogP contribution is -2.45. The van der Waals surface area contributed by atoms with Gasteiger partial charge in [-0.15, -0.1) is 0 Å². The third-order valence-electron chi connectivity index (χ3n) is 3.26. The molecule has 4 nitrogen and oxygen atoms in total. The maximum absolute atomic E-state index is 11.8. The van der Waals surface area contributed by atoms with Gasteiger partial charge in [0.1, 0.15) is 5.82 Å². The van der Waals surface area contributed by atoms with E-state index in [0.717, 1.165) is 34.5 Å². The standard InChI is InChI=1S/C13H18BrN3O/c1-7-4-10(5-7)16-13(18)17-11-6-8(2)12(14)9(3)15-11/h6-7,10H,4-5H2,1-3H3,(H2,15,16,17,18). The lowest BCUT2D eigenvalue weighted by atomic mass is 9.82. The zero-order valence-electron chi connectivity index (χ0n) is 10.9. The summed E-state index contributed by atoms with van der Waals surface area (Å²) in [4.78, 5) is 16.1. The van der Waals surface area contributed by atoms with Gasteiger partial charge >= 0.3 is 6.03 Å². The predicted molar refractivity (Wildman–Crippen MR) is 75.8 cm³/mol. The molecule has 2 amide bonds. The monoisotopic (exact) mass is 311 g/mol. The van der Waals surface area contributed by atoms with Crippen LogP contribution in [0.1, 0.15) is 31.0 Å². The van der Waals surface area contributed by atoms with Crippen molar-refractivity contribution in [2.45, 2.75) is 39.7 Å². The summed E-state index contributed by atoms with van der Waals surface area (Å²) in [5.74, 6) is 1.32. The first-order valence-corrected chi connectivity index (χ1v) is 6.96. The van der Waals surface area contributed by atoms with Crippen molar-refractivity contribution in [3.8, 4) is 0 Å². The number of nitrogens with zero attached hydrogens (tertiary/aromatic N) is 1. The highest BCUT2D eigenvalue weighted by molar-refractivity contribution is 9.10. The first-order valence-electron chi connectivity index (χ1n) is 6.17. The van der Waals surface area contributed by atoms with Crippen LogP contribution < -0.4 is 10.6 Å². The fraction of sp³-hybridized carbons (Fsp3) is 0.538. The van der Waals surface area contributed by atoms with Crippen LogP contribution in [0.5, 0.6) is 0 Å². The number of hydrogen-bond acceptors (Lipinski definition) is 2. The first-order chi connectivity index (χ1) is 8.45. The van der Waals surface area contributed by atoms with Gasteiger partial charge in [0, 0.05) is 10.5 Å². The molecule has 1 fully saturated rings. The van der Waals surface area contributed by atoms with Crippen LogP contribution in [-0.4, -0.2) is 17.1 Å². The molecule has 0 spiro atoms. The molecule has 1 aliphatic carbocycles. The molecular weight excluding hydrogens is 294 g/mol. The summed E-state index contributed by atoms with van der Waals surface area (Å²) >= 11 is 3.46. The van der Waals surface area contributed by atoms with Crippen molar-refractivity contribution in [2.75, 3.05) is 5.32 Å². The number of urea groups is 1. The first kappa shape index (κ1) is 13.3. The summed E-state index contributed by atoms with van der Waals surface area (Å²) in [5.41, 5.74) is 1.94. The third-order valence-corrected chi connectivity index (χ3v) is 4.46. The molecule has 0 saturated heterocycles. The smallest absolute Gasteiger partial charge is 0.320 e. The maximum atomic E-state index is 11.8. The Balaban J connectivity index is 1.94. The molecule has 0 aliphatic heterocycles. The summed E-state index contributed by atoms with van der Waals surface area (Å²) in [6.45, 7) is 6.09. The fourth-order valence-corrected chi connectivity index (χ4v) is 2.44. The van der Waals surface area contributed by atoms with Crippen LogP contribution in [0.15, 0.2) is 10.5 Å². The summed E-state index contributed by atoms with van der Waals surface area (Å²) in [7, 11) is 0. The number of rotatable bonds is 2. The van der Waals surface area contributed by atoms with Gasteiger partial charge in [0.2, 0.25) is 0 Å². The summed E-state index contributed by atoms with van der Waals surface area (Å²) in [6, 6.07) is 2.01. The Morgan fingerprint density at radius 1 is 1.44 bits per heavy atom. The highest BCUT2D eigenvalue weighted by Crippen LogP contribution is 2.26. The van der Waals surface area contributed by atoms with E-state index in [1.165, 1.54) is 0 Å². The molecule has 1 aromatic heterocycles. The van der Waals surface area contributed by atoms with Crippen LogP contribution in [0.4, 0.5) is 10.6 Å². The summed E-state index contributed by atoms with van der Waals surface area (Å²) in [6.07, 6.45) is 2.14. The Labute approximate surface area is 116 Å². The van der Waals surface area contributed by atoms with Gasteiger partial charge in [-0.1, -0.05) is 6.92 Å². The molecular formula is C13H18BrN3O. The van der Waals surface area contributed by atoms with Crippen molar-refractivity contribution in [1.82, 2.24) is 10.3 Å². The second-order valence-corrected chi connectivity index (χ2v) is 5.89. The second-order valence-electron chi connectivity index (χ2n) is 5.10. The van der Waals surface area contributed by atoms with Crippen LogP contribution in [0.25, 0.3) is 0 Å². The minimum absolute atomic E-state index is 0.166. The molecule has 0 unspecified atom stereocenters. The number of hydrogen-bond donors (Lipinski definition) is 2. The highest BCUT2D eigenvalue weighted by Gasteiger charge is 2.26. The Bertz CT molecular complexity index is 446. The molecule has 0 aromatic carbocycles. The van der Waals surface area contributed by atoms with E-state index in [1.807, 2.05) is 19.9 Å². The van der Waals surface area contributed by atoms with E-state index in [1.54, 1.807) is 0 Å². The number of pyridine rings is 1. The number of carbonyl (C=O) groups is 1. The van der Waals surface area contributed by atoms with E-state index in [-0.39, 0.29) is 6.03 Å². The van der Waals surface area contributed by atoms with Crippen LogP contribution in [0, 0.1) is 19.8 Å². The average Bonchev–Trinajstić information content (AvgIpc) is 2.23. The summed E-state index contributed by atoms with van der Waals surface area (Å²) in [5, 5.41) is 5.73. The molecule has 98 valence electrons. The van der Waals surface area contributed by atoms with E-state index >= 15 is 0 Å². The Kier molecular flexibility index (Phi) is 3.90. The Hall–Kier alpha value is -1.10.